The van der Waals surface area contributed by atoms with E-state index in [0.29, 0.717) is 0 Å². The lowest BCUT2D eigenvalue weighted by molar-refractivity contribution is 1.38. The monoisotopic (exact) mass is 403 g/mol. The molecule has 0 aliphatic rings. The van der Waals surface area contributed by atoms with Crippen LogP contribution in [-0.4, -0.2) is 4.98 Å². The molecular formula is C28H21NS. The number of rotatable bonds is 1. The number of hydrogen-bond donors (Lipinski definition) is 0. The lowest BCUT2D eigenvalue weighted by Crippen LogP contribution is -1.93. The fraction of sp³-hybridized carbons (Fsp3) is 0.107. The summed E-state index contributed by atoms with van der Waals surface area (Å²) in [6.07, 6.45) is 0. The zero-order valence-corrected chi connectivity index (χ0v) is 18.1. The molecule has 1 nitrogen and oxygen atoms in total. The molecule has 4 aromatic carbocycles. The van der Waals surface area contributed by atoms with E-state index in [4.69, 9.17) is 4.98 Å². The number of hydrogen-bond acceptors (Lipinski definition) is 2. The van der Waals surface area contributed by atoms with Gasteiger partial charge in [-0.1, -0.05) is 66.2 Å². The molecule has 0 atom stereocenters. The average molecular weight is 404 g/mol. The number of aryl methyl sites for hydroxylation is 3. The van der Waals surface area contributed by atoms with Crippen molar-refractivity contribution in [2.24, 2.45) is 0 Å². The summed E-state index contributed by atoms with van der Waals surface area (Å²) in [4.78, 5) is 5.19. The first-order chi connectivity index (χ1) is 14.6. The average Bonchev–Trinajstić information content (AvgIpc) is 3.13. The van der Waals surface area contributed by atoms with Gasteiger partial charge in [-0.25, -0.2) is 4.98 Å². The van der Waals surface area contributed by atoms with Gasteiger partial charge in [0, 0.05) is 26.4 Å². The van der Waals surface area contributed by atoms with E-state index >= 15 is 0 Å². The molecule has 2 heteroatoms. The Morgan fingerprint density at radius 3 is 2.37 bits per heavy atom. The van der Waals surface area contributed by atoms with E-state index in [1.165, 1.54) is 58.6 Å². The maximum absolute atomic E-state index is 5.19. The quantitative estimate of drug-likeness (QED) is 0.269. The number of para-hydroxylation sites is 1. The van der Waals surface area contributed by atoms with Gasteiger partial charge >= 0.3 is 0 Å². The van der Waals surface area contributed by atoms with Crippen LogP contribution in [0.4, 0.5) is 0 Å². The van der Waals surface area contributed by atoms with Crippen LogP contribution in [-0.2, 0) is 0 Å². The summed E-state index contributed by atoms with van der Waals surface area (Å²) in [5, 5.41) is 6.54. The van der Waals surface area contributed by atoms with Crippen molar-refractivity contribution in [1.29, 1.82) is 0 Å². The van der Waals surface area contributed by atoms with Crippen molar-refractivity contribution in [3.8, 4) is 11.3 Å². The molecule has 0 saturated carbocycles. The summed E-state index contributed by atoms with van der Waals surface area (Å²) in [7, 11) is 0. The van der Waals surface area contributed by atoms with E-state index in [-0.39, 0.29) is 0 Å². The van der Waals surface area contributed by atoms with Gasteiger partial charge in [0.25, 0.3) is 0 Å². The van der Waals surface area contributed by atoms with Gasteiger partial charge < -0.3 is 0 Å². The van der Waals surface area contributed by atoms with Gasteiger partial charge in [0.15, 0.2) is 0 Å². The molecule has 0 saturated heterocycles. The summed E-state index contributed by atoms with van der Waals surface area (Å²) in [6, 6.07) is 26.3. The predicted octanol–water partition coefficient (Wildman–Crippen LogP) is 8.35. The molecule has 2 aromatic heterocycles. The van der Waals surface area contributed by atoms with E-state index in [0.717, 1.165) is 11.2 Å². The molecule has 2 heterocycles. The Morgan fingerprint density at radius 1 is 0.733 bits per heavy atom. The largest absolute Gasteiger partial charge is 0.246 e. The minimum atomic E-state index is 1.06. The van der Waals surface area contributed by atoms with E-state index in [1.807, 2.05) is 11.3 Å². The Bertz CT molecular complexity index is 1620. The molecule has 0 bridgehead atoms. The molecule has 6 rings (SSSR count). The fourth-order valence-electron chi connectivity index (χ4n) is 4.95. The highest BCUT2D eigenvalue weighted by Crippen LogP contribution is 2.44. The minimum absolute atomic E-state index is 1.06. The molecule has 0 aliphatic heterocycles. The minimum Gasteiger partial charge on any atom is -0.246 e. The van der Waals surface area contributed by atoms with E-state index in [9.17, 15) is 0 Å². The van der Waals surface area contributed by atoms with Crippen LogP contribution in [0.5, 0.6) is 0 Å². The van der Waals surface area contributed by atoms with Gasteiger partial charge in [-0.3, -0.25) is 0 Å². The first kappa shape index (κ1) is 17.6. The first-order valence-corrected chi connectivity index (χ1v) is 11.1. The topological polar surface area (TPSA) is 12.9 Å². The smallest absolute Gasteiger partial charge is 0.0891 e. The molecule has 0 spiro atoms. The lowest BCUT2D eigenvalue weighted by atomic mass is 9.93. The maximum Gasteiger partial charge on any atom is 0.0891 e. The van der Waals surface area contributed by atoms with Crippen molar-refractivity contribution < 1.29 is 0 Å². The van der Waals surface area contributed by atoms with Gasteiger partial charge in [-0.15, -0.1) is 11.3 Å². The zero-order chi connectivity index (χ0) is 20.4. The lowest BCUT2D eigenvalue weighted by Gasteiger charge is -2.14. The number of benzene rings is 4. The van der Waals surface area contributed by atoms with Crippen LogP contribution in [0.2, 0.25) is 0 Å². The SMILES string of the molecule is Cc1cc(C)c2c(C)c(-c3nc4ccccc4c4c3sc3ccccc34)ccc2c1. The van der Waals surface area contributed by atoms with Gasteiger partial charge in [0.05, 0.1) is 15.9 Å². The Kier molecular flexibility index (Phi) is 3.75. The summed E-state index contributed by atoms with van der Waals surface area (Å²) in [5.41, 5.74) is 7.34. The Balaban J connectivity index is 1.80. The maximum atomic E-state index is 5.19. The van der Waals surface area contributed by atoms with E-state index in [1.54, 1.807) is 0 Å². The van der Waals surface area contributed by atoms with Crippen LogP contribution >= 0.6 is 11.3 Å². The Morgan fingerprint density at radius 2 is 1.50 bits per heavy atom. The van der Waals surface area contributed by atoms with Gasteiger partial charge in [-0.05, 0) is 54.8 Å². The van der Waals surface area contributed by atoms with Crippen LogP contribution in [0.15, 0.2) is 72.8 Å². The number of aromatic nitrogens is 1. The van der Waals surface area contributed by atoms with Crippen LogP contribution < -0.4 is 0 Å². The van der Waals surface area contributed by atoms with Crippen molar-refractivity contribution >= 4 is 53.2 Å². The molecular weight excluding hydrogens is 382 g/mol. The molecule has 0 aliphatic carbocycles. The Hall–Kier alpha value is -3.23. The van der Waals surface area contributed by atoms with Crippen molar-refractivity contribution in [1.82, 2.24) is 4.98 Å². The second kappa shape index (κ2) is 6.38. The molecule has 0 amide bonds. The normalized spacial score (nSPS) is 11.8. The predicted molar refractivity (Wildman–Crippen MR) is 132 cm³/mol. The van der Waals surface area contributed by atoms with Gasteiger partial charge in [-0.2, -0.15) is 0 Å². The van der Waals surface area contributed by atoms with E-state index < -0.39 is 0 Å². The van der Waals surface area contributed by atoms with Crippen molar-refractivity contribution in [2.45, 2.75) is 20.8 Å². The molecule has 6 aromatic rings. The highest BCUT2D eigenvalue weighted by atomic mass is 32.1. The highest BCUT2D eigenvalue weighted by molar-refractivity contribution is 7.26. The first-order valence-electron chi connectivity index (χ1n) is 10.3. The third-order valence-corrected chi connectivity index (χ3v) is 7.37. The standard InChI is InChI=1S/C28H21NS/c1-16-14-17(2)25-18(3)20(13-12-19(25)15-16)27-28-26(21-8-4-6-10-23(21)29-27)22-9-5-7-11-24(22)30-28/h4-15H,1-3H3. The summed E-state index contributed by atoms with van der Waals surface area (Å²) in [5.74, 6) is 0. The second-order valence-electron chi connectivity index (χ2n) is 8.20. The molecule has 0 unspecified atom stereocenters. The third kappa shape index (κ3) is 2.44. The van der Waals surface area contributed by atoms with Crippen LogP contribution in [0.3, 0.4) is 0 Å². The second-order valence-corrected chi connectivity index (χ2v) is 9.25. The van der Waals surface area contributed by atoms with Crippen molar-refractivity contribution in [2.75, 3.05) is 0 Å². The summed E-state index contributed by atoms with van der Waals surface area (Å²) >= 11 is 1.86. The van der Waals surface area contributed by atoms with Crippen molar-refractivity contribution in [3.63, 3.8) is 0 Å². The number of pyridine rings is 1. The van der Waals surface area contributed by atoms with Gasteiger partial charge in [0.2, 0.25) is 0 Å². The summed E-state index contributed by atoms with van der Waals surface area (Å²) < 4.78 is 2.60. The zero-order valence-electron chi connectivity index (χ0n) is 17.3. The fourth-order valence-corrected chi connectivity index (χ4v) is 6.17. The van der Waals surface area contributed by atoms with Crippen molar-refractivity contribution in [3.05, 3.63) is 89.5 Å². The Labute approximate surface area is 179 Å². The number of nitrogens with zero attached hydrogens (tertiary/aromatic N) is 1. The van der Waals surface area contributed by atoms with Crippen LogP contribution in [0.1, 0.15) is 16.7 Å². The molecule has 0 radical (unpaired) electrons. The molecule has 0 fully saturated rings. The third-order valence-electron chi connectivity index (χ3n) is 6.19. The number of fused-ring (bicyclic) bond motifs is 6. The molecule has 0 N–H and O–H groups in total. The van der Waals surface area contributed by atoms with Crippen LogP contribution in [0, 0.1) is 20.8 Å². The van der Waals surface area contributed by atoms with Crippen LogP contribution in [0.25, 0.3) is 53.1 Å². The highest BCUT2D eigenvalue weighted by Gasteiger charge is 2.18. The molecule has 30 heavy (non-hydrogen) atoms. The molecule has 144 valence electrons. The number of thiophene rings is 1. The van der Waals surface area contributed by atoms with E-state index in [2.05, 4.69) is 93.6 Å². The summed E-state index contributed by atoms with van der Waals surface area (Å²) in [6.45, 7) is 6.63. The van der Waals surface area contributed by atoms with Gasteiger partial charge in [0.1, 0.15) is 0 Å².